The Labute approximate surface area is 221 Å². The first-order valence-corrected chi connectivity index (χ1v) is 12.1. The molecule has 200 valence electrons. The highest BCUT2D eigenvalue weighted by atomic mass is 16.7. The largest absolute Gasteiger partial charge is 0.493 e. The average Bonchev–Trinajstić information content (AvgIpc) is 2.92. The van der Waals surface area contributed by atoms with E-state index in [0.717, 1.165) is 5.56 Å². The first-order valence-electron chi connectivity index (χ1n) is 12.1. The van der Waals surface area contributed by atoms with Crippen molar-refractivity contribution in [3.63, 3.8) is 0 Å². The number of hydrogen-bond donors (Lipinski definition) is 0. The SMILES string of the molecule is COc1ccnc(C(=O)C[C@@H](C)C(=O)O[C@@H](C)[C@H](Oc2ccccc2)c2ccccc2)c1OCOC(C)=O. The lowest BCUT2D eigenvalue weighted by atomic mass is 10.0. The normalized spacial score (nSPS) is 12.9. The van der Waals surface area contributed by atoms with E-state index in [2.05, 4.69) is 4.98 Å². The number of ether oxygens (including phenoxy) is 5. The second-order valence-corrected chi connectivity index (χ2v) is 8.52. The zero-order chi connectivity index (χ0) is 27.5. The summed E-state index contributed by atoms with van der Waals surface area (Å²) in [6, 6.07) is 20.2. The quantitative estimate of drug-likeness (QED) is 0.175. The van der Waals surface area contributed by atoms with Gasteiger partial charge in [0, 0.05) is 25.6 Å². The zero-order valence-corrected chi connectivity index (χ0v) is 21.8. The monoisotopic (exact) mass is 521 g/mol. The van der Waals surface area contributed by atoms with E-state index < -0.39 is 42.6 Å². The highest BCUT2D eigenvalue weighted by Gasteiger charge is 2.29. The third-order valence-electron chi connectivity index (χ3n) is 5.57. The maximum Gasteiger partial charge on any atom is 0.309 e. The minimum Gasteiger partial charge on any atom is -0.493 e. The molecule has 0 saturated heterocycles. The van der Waals surface area contributed by atoms with Crippen LogP contribution >= 0.6 is 0 Å². The Balaban J connectivity index is 1.70. The fourth-order valence-electron chi connectivity index (χ4n) is 3.64. The summed E-state index contributed by atoms with van der Waals surface area (Å²) in [6.07, 6.45) is -0.0150. The number of rotatable bonds is 13. The number of methoxy groups -OCH3 is 1. The van der Waals surface area contributed by atoms with E-state index >= 15 is 0 Å². The predicted molar refractivity (Wildman–Crippen MR) is 138 cm³/mol. The molecule has 3 atom stereocenters. The molecule has 0 bridgehead atoms. The number of ketones is 1. The number of pyridine rings is 1. The summed E-state index contributed by atoms with van der Waals surface area (Å²) in [4.78, 5) is 41.3. The van der Waals surface area contributed by atoms with Crippen LogP contribution in [0.4, 0.5) is 0 Å². The molecule has 2 aromatic carbocycles. The van der Waals surface area contributed by atoms with Gasteiger partial charge in [0.25, 0.3) is 0 Å². The standard InChI is InChI=1S/C29H31NO8/c1-19(17-24(32)26-28(36-18-35-21(3)31)25(34-4)15-16-30-26)29(33)37-20(2)27(22-11-7-5-8-12-22)38-23-13-9-6-10-14-23/h5-16,19-20,27H,17-18H2,1-4H3/t19-,20+,27+/m1/s1. The predicted octanol–water partition coefficient (Wildman–Crippen LogP) is 4.95. The van der Waals surface area contributed by atoms with Crippen LogP contribution in [0.1, 0.15) is 49.3 Å². The van der Waals surface area contributed by atoms with Gasteiger partial charge in [-0.3, -0.25) is 14.4 Å². The summed E-state index contributed by atoms with van der Waals surface area (Å²) >= 11 is 0. The molecule has 0 aliphatic heterocycles. The number of esters is 2. The Hall–Kier alpha value is -4.40. The highest BCUT2D eigenvalue weighted by Crippen LogP contribution is 2.32. The van der Waals surface area contributed by atoms with E-state index in [1.807, 2.05) is 60.7 Å². The fourth-order valence-corrected chi connectivity index (χ4v) is 3.64. The number of aromatic nitrogens is 1. The summed E-state index contributed by atoms with van der Waals surface area (Å²) in [5, 5.41) is 0. The van der Waals surface area contributed by atoms with Crippen molar-refractivity contribution in [1.82, 2.24) is 4.98 Å². The molecule has 0 fully saturated rings. The van der Waals surface area contributed by atoms with Gasteiger partial charge in [-0.1, -0.05) is 55.5 Å². The molecule has 3 aromatic rings. The maximum absolute atomic E-state index is 13.1. The number of carbonyl (C=O) groups is 3. The Morgan fingerprint density at radius 1 is 0.921 bits per heavy atom. The van der Waals surface area contributed by atoms with Crippen LogP contribution in [-0.2, 0) is 19.1 Å². The van der Waals surface area contributed by atoms with E-state index in [-0.39, 0.29) is 23.6 Å². The van der Waals surface area contributed by atoms with Crippen molar-refractivity contribution >= 4 is 17.7 Å². The van der Waals surface area contributed by atoms with Crippen molar-refractivity contribution < 1.29 is 38.1 Å². The van der Waals surface area contributed by atoms with Crippen LogP contribution in [0.5, 0.6) is 17.2 Å². The van der Waals surface area contributed by atoms with E-state index in [0.29, 0.717) is 5.75 Å². The molecule has 9 heteroatoms. The van der Waals surface area contributed by atoms with Crippen LogP contribution in [-0.4, -0.2) is 42.7 Å². The van der Waals surface area contributed by atoms with Crippen LogP contribution < -0.4 is 14.2 Å². The van der Waals surface area contributed by atoms with Crippen LogP contribution in [0, 0.1) is 5.92 Å². The average molecular weight is 522 g/mol. The van der Waals surface area contributed by atoms with Crippen molar-refractivity contribution in [1.29, 1.82) is 0 Å². The topological polar surface area (TPSA) is 110 Å². The van der Waals surface area contributed by atoms with Gasteiger partial charge in [-0.15, -0.1) is 0 Å². The molecule has 0 N–H and O–H groups in total. The van der Waals surface area contributed by atoms with Crippen molar-refractivity contribution in [3.8, 4) is 17.2 Å². The molecule has 0 aliphatic carbocycles. The smallest absolute Gasteiger partial charge is 0.309 e. The van der Waals surface area contributed by atoms with Crippen LogP contribution in [0.3, 0.4) is 0 Å². The van der Waals surface area contributed by atoms with Gasteiger partial charge in [0.15, 0.2) is 29.1 Å². The van der Waals surface area contributed by atoms with Gasteiger partial charge in [0.2, 0.25) is 6.79 Å². The number of hydrogen-bond acceptors (Lipinski definition) is 9. The molecular formula is C29H31NO8. The molecule has 0 radical (unpaired) electrons. The van der Waals surface area contributed by atoms with Crippen LogP contribution in [0.2, 0.25) is 0 Å². The maximum atomic E-state index is 13.1. The van der Waals surface area contributed by atoms with Crippen LogP contribution in [0.25, 0.3) is 0 Å². The third-order valence-corrected chi connectivity index (χ3v) is 5.57. The van der Waals surface area contributed by atoms with Crippen molar-refractivity contribution in [3.05, 3.63) is 84.2 Å². The lowest BCUT2D eigenvalue weighted by molar-refractivity contribution is -0.157. The van der Waals surface area contributed by atoms with E-state index in [1.165, 1.54) is 26.3 Å². The summed E-state index contributed by atoms with van der Waals surface area (Å²) in [5.74, 6) is -1.45. The highest BCUT2D eigenvalue weighted by molar-refractivity contribution is 5.99. The Morgan fingerprint density at radius 2 is 1.58 bits per heavy atom. The van der Waals surface area contributed by atoms with Crippen molar-refractivity contribution in [2.24, 2.45) is 5.92 Å². The molecule has 0 unspecified atom stereocenters. The Morgan fingerprint density at radius 3 is 2.21 bits per heavy atom. The summed E-state index contributed by atoms with van der Waals surface area (Å²) in [6.45, 7) is 4.16. The summed E-state index contributed by atoms with van der Waals surface area (Å²) in [7, 11) is 1.41. The second kappa shape index (κ2) is 13.8. The minimum atomic E-state index is -0.785. The molecular weight excluding hydrogens is 490 g/mol. The third kappa shape index (κ3) is 7.80. The number of para-hydroxylation sites is 1. The molecule has 0 aliphatic rings. The Kier molecular flexibility index (Phi) is 10.2. The lowest BCUT2D eigenvalue weighted by Gasteiger charge is -2.26. The molecule has 1 heterocycles. The fraction of sp³-hybridized carbons (Fsp3) is 0.310. The molecule has 0 amide bonds. The molecule has 9 nitrogen and oxygen atoms in total. The first-order chi connectivity index (χ1) is 18.3. The van der Waals surface area contributed by atoms with Crippen LogP contribution in [0.15, 0.2) is 72.9 Å². The molecule has 1 aromatic heterocycles. The zero-order valence-electron chi connectivity index (χ0n) is 21.8. The van der Waals surface area contributed by atoms with Gasteiger partial charge in [-0.25, -0.2) is 4.98 Å². The van der Waals surface area contributed by atoms with Gasteiger partial charge in [0.1, 0.15) is 11.9 Å². The summed E-state index contributed by atoms with van der Waals surface area (Å²) in [5.41, 5.74) is 0.800. The number of Topliss-reactive ketones (excluding diaryl/α,β-unsaturated/α-hetero) is 1. The van der Waals surface area contributed by atoms with Crippen molar-refractivity contribution in [2.45, 2.75) is 39.4 Å². The van der Waals surface area contributed by atoms with E-state index in [4.69, 9.17) is 23.7 Å². The molecule has 3 rings (SSSR count). The van der Waals surface area contributed by atoms with Gasteiger partial charge >= 0.3 is 11.9 Å². The van der Waals surface area contributed by atoms with E-state index in [9.17, 15) is 14.4 Å². The van der Waals surface area contributed by atoms with Gasteiger partial charge < -0.3 is 23.7 Å². The number of carbonyl (C=O) groups excluding carboxylic acids is 3. The van der Waals surface area contributed by atoms with Crippen molar-refractivity contribution in [2.75, 3.05) is 13.9 Å². The minimum absolute atomic E-state index is 0.0237. The molecule has 0 saturated carbocycles. The summed E-state index contributed by atoms with van der Waals surface area (Å²) < 4.78 is 27.4. The van der Waals surface area contributed by atoms with Gasteiger partial charge in [-0.05, 0) is 24.6 Å². The van der Waals surface area contributed by atoms with Gasteiger partial charge in [0.05, 0.1) is 13.0 Å². The lowest BCUT2D eigenvalue weighted by Crippen LogP contribution is -2.30. The first kappa shape index (κ1) is 28.2. The van der Waals surface area contributed by atoms with E-state index in [1.54, 1.807) is 13.8 Å². The Bertz CT molecular complexity index is 1220. The second-order valence-electron chi connectivity index (χ2n) is 8.52. The molecule has 38 heavy (non-hydrogen) atoms. The number of nitrogens with zero attached hydrogens (tertiary/aromatic N) is 1. The number of benzene rings is 2. The molecule has 0 spiro atoms. The van der Waals surface area contributed by atoms with Gasteiger partial charge in [-0.2, -0.15) is 0 Å².